The van der Waals surface area contributed by atoms with Crippen molar-refractivity contribution in [3.05, 3.63) is 64.3 Å². The Morgan fingerprint density at radius 3 is 2.63 bits per heavy atom. The highest BCUT2D eigenvalue weighted by atomic mass is 79.9. The van der Waals surface area contributed by atoms with Crippen LogP contribution < -0.4 is 0 Å². The van der Waals surface area contributed by atoms with Crippen LogP contribution in [0.3, 0.4) is 0 Å². The largest absolute Gasteiger partial charge is 0.289 e. The minimum atomic E-state index is 0.0549. The molecule has 0 amide bonds. The van der Waals surface area contributed by atoms with Crippen LogP contribution in [0.2, 0.25) is 0 Å². The fraction of sp³-hybridized carbons (Fsp3) is 0. The molecule has 2 nitrogen and oxygen atoms in total. The first-order valence-corrected chi connectivity index (χ1v) is 6.78. The molecule has 0 saturated heterocycles. The summed E-state index contributed by atoms with van der Waals surface area (Å²) < 4.78 is 1.00. The fourth-order valence-corrected chi connectivity index (χ4v) is 3.17. The Bertz CT molecular complexity index is 854. The van der Waals surface area contributed by atoms with Crippen LogP contribution in [-0.2, 0) is 0 Å². The molecule has 0 fully saturated rings. The highest BCUT2D eigenvalue weighted by molar-refractivity contribution is 9.10. The van der Waals surface area contributed by atoms with Crippen LogP contribution in [-0.4, -0.2) is 10.8 Å². The van der Waals surface area contributed by atoms with Gasteiger partial charge in [0.1, 0.15) is 0 Å². The number of rotatable bonds is 0. The molecular weight excluding hydrogens is 302 g/mol. The smallest absolute Gasteiger partial charge is 0.195 e. The van der Waals surface area contributed by atoms with Gasteiger partial charge in [-0.05, 0) is 29.7 Å². The van der Waals surface area contributed by atoms with Gasteiger partial charge in [-0.25, -0.2) is 0 Å². The molecule has 2 aromatic carbocycles. The molecule has 0 unspecified atom stereocenters. The van der Waals surface area contributed by atoms with Crippen molar-refractivity contribution in [1.29, 1.82) is 0 Å². The first kappa shape index (κ1) is 10.9. The first-order chi connectivity index (χ1) is 9.27. The van der Waals surface area contributed by atoms with Crippen molar-refractivity contribution in [3.63, 3.8) is 0 Å². The van der Waals surface area contributed by atoms with Crippen LogP contribution in [0.15, 0.2) is 53.1 Å². The summed E-state index contributed by atoms with van der Waals surface area (Å²) in [6.45, 7) is 0. The Morgan fingerprint density at radius 2 is 1.74 bits per heavy atom. The molecular formula is C16H8BrNO. The monoisotopic (exact) mass is 309 g/mol. The maximum Gasteiger partial charge on any atom is 0.195 e. The van der Waals surface area contributed by atoms with E-state index in [0.717, 1.165) is 32.1 Å². The van der Waals surface area contributed by atoms with Gasteiger partial charge in [-0.2, -0.15) is 0 Å². The van der Waals surface area contributed by atoms with E-state index in [1.54, 1.807) is 12.3 Å². The van der Waals surface area contributed by atoms with Crippen molar-refractivity contribution in [1.82, 2.24) is 4.98 Å². The number of halogens is 1. The van der Waals surface area contributed by atoms with Gasteiger partial charge in [0.15, 0.2) is 5.78 Å². The maximum absolute atomic E-state index is 12.6. The van der Waals surface area contributed by atoms with Crippen molar-refractivity contribution in [2.45, 2.75) is 0 Å². The van der Waals surface area contributed by atoms with Gasteiger partial charge in [0.05, 0.1) is 5.69 Å². The van der Waals surface area contributed by atoms with Crippen molar-refractivity contribution in [2.75, 3.05) is 0 Å². The molecule has 90 valence electrons. The molecule has 19 heavy (non-hydrogen) atoms. The van der Waals surface area contributed by atoms with Crippen LogP contribution >= 0.6 is 15.9 Å². The van der Waals surface area contributed by atoms with E-state index >= 15 is 0 Å². The lowest BCUT2D eigenvalue weighted by Crippen LogP contribution is -2.10. The zero-order chi connectivity index (χ0) is 13.0. The van der Waals surface area contributed by atoms with E-state index < -0.39 is 0 Å². The molecule has 1 aromatic heterocycles. The number of aromatic nitrogens is 1. The number of ketones is 1. The van der Waals surface area contributed by atoms with Crippen molar-refractivity contribution in [2.24, 2.45) is 0 Å². The van der Waals surface area contributed by atoms with E-state index in [0.29, 0.717) is 5.56 Å². The predicted molar refractivity (Wildman–Crippen MR) is 78.3 cm³/mol. The summed E-state index contributed by atoms with van der Waals surface area (Å²) in [7, 11) is 0. The van der Waals surface area contributed by atoms with Gasteiger partial charge >= 0.3 is 0 Å². The highest BCUT2D eigenvalue weighted by Gasteiger charge is 2.26. The molecule has 3 heteroatoms. The first-order valence-electron chi connectivity index (χ1n) is 5.98. The predicted octanol–water partition coefficient (Wildman–Crippen LogP) is 4.21. The second-order valence-corrected chi connectivity index (χ2v) is 5.41. The Labute approximate surface area is 118 Å². The summed E-state index contributed by atoms with van der Waals surface area (Å²) in [5, 5.41) is 2.05. The second kappa shape index (κ2) is 3.75. The Kier molecular flexibility index (Phi) is 2.15. The number of carbonyl (C=O) groups is 1. The Morgan fingerprint density at radius 1 is 0.895 bits per heavy atom. The van der Waals surface area contributed by atoms with Gasteiger partial charge in [0.25, 0.3) is 0 Å². The van der Waals surface area contributed by atoms with Crippen LogP contribution in [0, 0.1) is 0 Å². The van der Waals surface area contributed by atoms with E-state index in [4.69, 9.17) is 0 Å². The third kappa shape index (κ3) is 1.36. The number of hydrogen-bond acceptors (Lipinski definition) is 2. The van der Waals surface area contributed by atoms with Gasteiger partial charge < -0.3 is 0 Å². The summed E-state index contributed by atoms with van der Waals surface area (Å²) >= 11 is 3.55. The van der Waals surface area contributed by atoms with E-state index in [2.05, 4.69) is 20.9 Å². The third-order valence-corrected chi connectivity index (χ3v) is 4.23. The summed E-state index contributed by atoms with van der Waals surface area (Å²) in [6, 6.07) is 13.5. The fourth-order valence-electron chi connectivity index (χ4n) is 2.71. The average molecular weight is 310 g/mol. The van der Waals surface area contributed by atoms with Gasteiger partial charge in [-0.1, -0.05) is 34.1 Å². The molecule has 0 saturated carbocycles. The van der Waals surface area contributed by atoms with Gasteiger partial charge in [-0.3, -0.25) is 9.78 Å². The quantitative estimate of drug-likeness (QED) is 0.487. The number of nitrogens with zero attached hydrogens (tertiary/aromatic N) is 1. The SMILES string of the molecule is O=C1c2cccnc2-c2cccc3c(Br)ccc1c23. The maximum atomic E-state index is 12.6. The summed E-state index contributed by atoms with van der Waals surface area (Å²) in [6.07, 6.45) is 1.73. The number of pyridine rings is 1. The molecule has 0 bridgehead atoms. The van der Waals surface area contributed by atoms with Crippen molar-refractivity contribution >= 4 is 32.5 Å². The molecule has 0 N–H and O–H groups in total. The van der Waals surface area contributed by atoms with E-state index in [-0.39, 0.29) is 5.78 Å². The molecule has 1 aliphatic carbocycles. The van der Waals surface area contributed by atoms with E-state index in [1.807, 2.05) is 36.4 Å². The Balaban J connectivity index is 2.28. The van der Waals surface area contributed by atoms with E-state index in [1.165, 1.54) is 0 Å². The molecule has 4 rings (SSSR count). The third-order valence-electron chi connectivity index (χ3n) is 3.54. The van der Waals surface area contributed by atoms with Gasteiger partial charge in [0, 0.05) is 32.7 Å². The van der Waals surface area contributed by atoms with Crippen LogP contribution in [0.1, 0.15) is 15.9 Å². The number of carbonyl (C=O) groups excluding carboxylic acids is 1. The number of benzene rings is 2. The molecule has 1 aliphatic rings. The van der Waals surface area contributed by atoms with Crippen LogP contribution in [0.4, 0.5) is 0 Å². The van der Waals surface area contributed by atoms with Crippen molar-refractivity contribution < 1.29 is 4.79 Å². The lowest BCUT2D eigenvalue weighted by atomic mass is 9.86. The minimum Gasteiger partial charge on any atom is -0.289 e. The lowest BCUT2D eigenvalue weighted by Gasteiger charge is -2.19. The van der Waals surface area contributed by atoms with E-state index in [9.17, 15) is 4.79 Å². The molecule has 0 aliphatic heterocycles. The Hall–Kier alpha value is -2.00. The topological polar surface area (TPSA) is 30.0 Å². The molecule has 1 heterocycles. The summed E-state index contributed by atoms with van der Waals surface area (Å²) in [5.41, 5.74) is 3.26. The number of fused-ring (bicyclic) bond motifs is 2. The zero-order valence-corrected chi connectivity index (χ0v) is 11.4. The van der Waals surface area contributed by atoms with Gasteiger partial charge in [-0.15, -0.1) is 0 Å². The molecule has 0 radical (unpaired) electrons. The summed E-state index contributed by atoms with van der Waals surface area (Å²) in [5.74, 6) is 0.0549. The van der Waals surface area contributed by atoms with Gasteiger partial charge in [0.2, 0.25) is 0 Å². The lowest BCUT2D eigenvalue weighted by molar-refractivity contribution is 0.104. The molecule has 3 aromatic rings. The van der Waals surface area contributed by atoms with Crippen LogP contribution in [0.5, 0.6) is 0 Å². The standard InChI is InChI=1S/C16H8BrNO/c17-13-7-6-11-14-9(13)3-1-4-10(14)15-12(16(11)19)5-2-8-18-15/h1-8H. The second-order valence-electron chi connectivity index (χ2n) is 4.55. The minimum absolute atomic E-state index is 0.0549. The molecule has 0 atom stereocenters. The van der Waals surface area contributed by atoms with Crippen molar-refractivity contribution in [3.8, 4) is 11.3 Å². The number of hydrogen-bond donors (Lipinski definition) is 0. The zero-order valence-electron chi connectivity index (χ0n) is 9.85. The van der Waals surface area contributed by atoms with Crippen LogP contribution in [0.25, 0.3) is 22.0 Å². The molecule has 0 spiro atoms. The normalized spacial score (nSPS) is 12.6. The average Bonchev–Trinajstić information content (AvgIpc) is 2.46. The summed E-state index contributed by atoms with van der Waals surface area (Å²) in [4.78, 5) is 16.9. The highest BCUT2D eigenvalue weighted by Crippen LogP contribution is 2.40.